The summed E-state index contributed by atoms with van der Waals surface area (Å²) in [6.07, 6.45) is 2.98. The van der Waals surface area contributed by atoms with Gasteiger partial charge in [0, 0.05) is 38.8 Å². The standard InChI is InChI=1S/C26H27N3O3/c1-27-24(30)26(29(25(27)31)19-20-6-3-2-4-7-20)13-15-28(16-14-26)18-21-9-11-22(12-10-21)23-8-5-17-32-23/h2-12,17H,13-16,18-19H2,1H3. The SMILES string of the molecule is CN1C(=O)N(Cc2ccccc2)C2(CCN(Cc3ccc(-c4ccco4)cc3)CC2)C1=O. The molecule has 0 aliphatic carbocycles. The summed E-state index contributed by atoms with van der Waals surface area (Å²) >= 11 is 0. The zero-order valence-corrected chi connectivity index (χ0v) is 18.2. The van der Waals surface area contributed by atoms with Crippen LogP contribution in [-0.2, 0) is 17.9 Å². The van der Waals surface area contributed by atoms with Gasteiger partial charge in [-0.05, 0) is 36.1 Å². The zero-order valence-electron chi connectivity index (χ0n) is 18.2. The lowest BCUT2D eigenvalue weighted by Crippen LogP contribution is -2.56. The number of benzene rings is 2. The monoisotopic (exact) mass is 429 g/mol. The molecule has 2 aromatic carbocycles. The van der Waals surface area contributed by atoms with Crippen molar-refractivity contribution in [2.24, 2.45) is 0 Å². The van der Waals surface area contributed by atoms with Gasteiger partial charge in [-0.3, -0.25) is 14.6 Å². The molecule has 3 amide bonds. The molecule has 32 heavy (non-hydrogen) atoms. The van der Waals surface area contributed by atoms with Crippen molar-refractivity contribution in [3.05, 3.63) is 84.1 Å². The predicted molar refractivity (Wildman–Crippen MR) is 122 cm³/mol. The highest BCUT2D eigenvalue weighted by Crippen LogP contribution is 2.38. The van der Waals surface area contributed by atoms with Crippen molar-refractivity contribution in [3.63, 3.8) is 0 Å². The van der Waals surface area contributed by atoms with Crippen LogP contribution in [0.5, 0.6) is 0 Å². The number of carbonyl (C=O) groups excluding carboxylic acids is 2. The summed E-state index contributed by atoms with van der Waals surface area (Å²) in [6, 6.07) is 22.0. The molecule has 164 valence electrons. The van der Waals surface area contributed by atoms with E-state index in [1.165, 1.54) is 10.5 Å². The Bertz CT molecular complexity index is 1090. The largest absolute Gasteiger partial charge is 0.464 e. The molecule has 5 rings (SSSR count). The Labute approximate surface area is 188 Å². The van der Waals surface area contributed by atoms with Gasteiger partial charge < -0.3 is 9.32 Å². The van der Waals surface area contributed by atoms with Crippen molar-refractivity contribution in [2.45, 2.75) is 31.5 Å². The summed E-state index contributed by atoms with van der Waals surface area (Å²) in [6.45, 7) is 2.84. The van der Waals surface area contributed by atoms with E-state index in [0.717, 1.165) is 36.5 Å². The Hall–Kier alpha value is -3.38. The molecule has 2 aliphatic rings. The second-order valence-corrected chi connectivity index (χ2v) is 8.70. The van der Waals surface area contributed by atoms with Crippen molar-refractivity contribution in [1.82, 2.24) is 14.7 Å². The van der Waals surface area contributed by atoms with Crippen LogP contribution in [0.25, 0.3) is 11.3 Å². The van der Waals surface area contributed by atoms with Crippen LogP contribution in [-0.4, -0.2) is 52.3 Å². The number of carbonyl (C=O) groups is 2. The van der Waals surface area contributed by atoms with E-state index in [0.29, 0.717) is 19.4 Å². The quantitative estimate of drug-likeness (QED) is 0.565. The maximum atomic E-state index is 13.1. The van der Waals surface area contributed by atoms with Crippen LogP contribution >= 0.6 is 0 Å². The summed E-state index contributed by atoms with van der Waals surface area (Å²) in [5.41, 5.74) is 2.60. The molecule has 0 N–H and O–H groups in total. The van der Waals surface area contributed by atoms with Crippen LogP contribution in [0.4, 0.5) is 4.79 Å². The summed E-state index contributed by atoms with van der Waals surface area (Å²) in [7, 11) is 1.60. The summed E-state index contributed by atoms with van der Waals surface area (Å²) < 4.78 is 5.46. The number of likely N-dealkylation sites (tertiary alicyclic amines) is 1. The molecule has 1 aromatic heterocycles. The first-order chi connectivity index (χ1) is 15.6. The number of hydrogen-bond acceptors (Lipinski definition) is 4. The first-order valence-corrected chi connectivity index (χ1v) is 11.1. The Morgan fingerprint density at radius 2 is 1.53 bits per heavy atom. The number of amides is 3. The highest BCUT2D eigenvalue weighted by Gasteiger charge is 2.56. The molecule has 1 spiro atoms. The predicted octanol–water partition coefficient (Wildman–Crippen LogP) is 4.38. The lowest BCUT2D eigenvalue weighted by atomic mass is 9.85. The molecular weight excluding hydrogens is 402 g/mol. The Kier molecular flexibility index (Phi) is 5.31. The molecule has 2 saturated heterocycles. The van der Waals surface area contributed by atoms with Crippen molar-refractivity contribution >= 4 is 11.9 Å². The van der Waals surface area contributed by atoms with Gasteiger partial charge in [0.2, 0.25) is 0 Å². The van der Waals surface area contributed by atoms with Crippen LogP contribution in [0.3, 0.4) is 0 Å². The Balaban J connectivity index is 1.27. The van der Waals surface area contributed by atoms with Gasteiger partial charge in [0.1, 0.15) is 11.3 Å². The number of piperidine rings is 1. The van der Waals surface area contributed by atoms with Crippen LogP contribution in [0, 0.1) is 0 Å². The lowest BCUT2D eigenvalue weighted by Gasteiger charge is -2.42. The average molecular weight is 430 g/mol. The molecule has 3 aromatic rings. The van der Waals surface area contributed by atoms with Crippen molar-refractivity contribution in [2.75, 3.05) is 20.1 Å². The normalized spacial score (nSPS) is 18.7. The third-order valence-corrected chi connectivity index (χ3v) is 6.77. The molecule has 2 aliphatic heterocycles. The highest BCUT2D eigenvalue weighted by molar-refractivity contribution is 6.06. The first-order valence-electron chi connectivity index (χ1n) is 11.1. The average Bonchev–Trinajstić information content (AvgIpc) is 3.42. The minimum atomic E-state index is -0.735. The number of imide groups is 1. The number of likely N-dealkylation sites (N-methyl/N-ethyl adjacent to an activating group) is 1. The van der Waals surface area contributed by atoms with E-state index in [1.807, 2.05) is 42.5 Å². The maximum absolute atomic E-state index is 13.1. The van der Waals surface area contributed by atoms with E-state index >= 15 is 0 Å². The Morgan fingerprint density at radius 1 is 0.844 bits per heavy atom. The highest BCUT2D eigenvalue weighted by atomic mass is 16.3. The summed E-state index contributed by atoms with van der Waals surface area (Å²) in [4.78, 5) is 31.5. The first kappa shape index (κ1) is 20.5. The molecule has 3 heterocycles. The van der Waals surface area contributed by atoms with Crippen molar-refractivity contribution in [3.8, 4) is 11.3 Å². The van der Waals surface area contributed by atoms with Crippen LogP contribution in [0.1, 0.15) is 24.0 Å². The molecule has 0 unspecified atom stereocenters. The third-order valence-electron chi connectivity index (χ3n) is 6.77. The molecule has 6 heteroatoms. The maximum Gasteiger partial charge on any atom is 0.327 e. The van der Waals surface area contributed by atoms with Crippen LogP contribution in [0.2, 0.25) is 0 Å². The minimum Gasteiger partial charge on any atom is -0.464 e. The summed E-state index contributed by atoms with van der Waals surface area (Å²) in [5.74, 6) is 0.796. The molecular formula is C26H27N3O3. The van der Waals surface area contributed by atoms with E-state index in [2.05, 4.69) is 29.2 Å². The van der Waals surface area contributed by atoms with Gasteiger partial charge in [-0.15, -0.1) is 0 Å². The van der Waals surface area contributed by atoms with Crippen molar-refractivity contribution in [1.29, 1.82) is 0 Å². The lowest BCUT2D eigenvalue weighted by molar-refractivity contribution is -0.135. The van der Waals surface area contributed by atoms with Gasteiger partial charge >= 0.3 is 6.03 Å². The topological polar surface area (TPSA) is 57.0 Å². The van der Waals surface area contributed by atoms with E-state index in [1.54, 1.807) is 18.2 Å². The van der Waals surface area contributed by atoms with Crippen molar-refractivity contribution < 1.29 is 14.0 Å². The van der Waals surface area contributed by atoms with Gasteiger partial charge in [0.25, 0.3) is 5.91 Å². The molecule has 0 radical (unpaired) electrons. The third kappa shape index (κ3) is 3.60. The molecule has 6 nitrogen and oxygen atoms in total. The molecule has 0 bridgehead atoms. The number of urea groups is 1. The zero-order chi connectivity index (χ0) is 22.1. The van der Waals surface area contributed by atoms with Gasteiger partial charge in [-0.2, -0.15) is 0 Å². The fourth-order valence-electron chi connectivity index (χ4n) is 4.90. The number of nitrogens with zero attached hydrogens (tertiary/aromatic N) is 3. The smallest absolute Gasteiger partial charge is 0.327 e. The van der Waals surface area contributed by atoms with Crippen LogP contribution < -0.4 is 0 Å². The van der Waals surface area contributed by atoms with Gasteiger partial charge in [-0.25, -0.2) is 4.79 Å². The number of rotatable bonds is 5. The second-order valence-electron chi connectivity index (χ2n) is 8.70. The minimum absolute atomic E-state index is 0.0686. The Morgan fingerprint density at radius 3 is 2.19 bits per heavy atom. The van der Waals surface area contributed by atoms with Crippen LogP contribution in [0.15, 0.2) is 77.4 Å². The fraction of sp³-hybridized carbons (Fsp3) is 0.308. The molecule has 0 atom stereocenters. The number of furan rings is 1. The van der Waals surface area contributed by atoms with Gasteiger partial charge in [0.15, 0.2) is 0 Å². The van der Waals surface area contributed by atoms with E-state index in [-0.39, 0.29) is 11.9 Å². The molecule has 2 fully saturated rings. The second kappa shape index (κ2) is 8.28. The van der Waals surface area contributed by atoms with E-state index < -0.39 is 5.54 Å². The van der Waals surface area contributed by atoms with E-state index in [4.69, 9.17) is 4.42 Å². The summed E-state index contributed by atoms with van der Waals surface area (Å²) in [5, 5.41) is 0. The van der Waals surface area contributed by atoms with Gasteiger partial charge in [-0.1, -0.05) is 54.6 Å². The number of hydrogen-bond donors (Lipinski definition) is 0. The fourth-order valence-corrected chi connectivity index (χ4v) is 4.90. The van der Waals surface area contributed by atoms with E-state index in [9.17, 15) is 9.59 Å². The molecule has 0 saturated carbocycles. The van der Waals surface area contributed by atoms with Gasteiger partial charge in [0.05, 0.1) is 6.26 Å².